The maximum absolute atomic E-state index is 13.2. The van der Waals surface area contributed by atoms with Crippen molar-refractivity contribution >= 4 is 40.6 Å². The fourth-order valence-electron chi connectivity index (χ4n) is 3.06. The van der Waals surface area contributed by atoms with Crippen LogP contribution in [0.25, 0.3) is 0 Å². The molecule has 0 spiro atoms. The van der Waals surface area contributed by atoms with Crippen molar-refractivity contribution in [2.45, 2.75) is 25.9 Å². The van der Waals surface area contributed by atoms with E-state index in [9.17, 15) is 14.4 Å². The zero-order valence-electron chi connectivity index (χ0n) is 16.0. The molecule has 29 heavy (non-hydrogen) atoms. The third-order valence-electron chi connectivity index (χ3n) is 4.57. The van der Waals surface area contributed by atoms with E-state index in [2.05, 4.69) is 9.69 Å². The number of carbonyl (C=O) groups excluding carboxylic acids is 3. The topological polar surface area (TPSA) is 141 Å². The highest BCUT2D eigenvalue weighted by Gasteiger charge is 2.27. The van der Waals surface area contributed by atoms with Gasteiger partial charge >= 0.3 is 0 Å². The number of rotatable bonds is 7. The third kappa shape index (κ3) is 4.90. The Morgan fingerprint density at radius 2 is 2.17 bits per heavy atom. The molecule has 154 valence electrons. The van der Waals surface area contributed by atoms with Crippen LogP contribution >= 0.6 is 11.5 Å². The van der Waals surface area contributed by atoms with Crippen LogP contribution in [0.1, 0.15) is 38.6 Å². The fourth-order valence-corrected chi connectivity index (χ4v) is 3.81. The van der Waals surface area contributed by atoms with Gasteiger partial charge in [0.05, 0.1) is 11.8 Å². The Bertz CT molecular complexity index is 923. The van der Waals surface area contributed by atoms with Crippen LogP contribution in [-0.4, -0.2) is 47.9 Å². The minimum absolute atomic E-state index is 0.00247. The minimum Gasteiger partial charge on any atom is -0.395 e. The van der Waals surface area contributed by atoms with Gasteiger partial charge in [0.25, 0.3) is 11.8 Å². The van der Waals surface area contributed by atoms with Crippen LogP contribution in [-0.2, 0) is 9.53 Å². The molecule has 3 amide bonds. The summed E-state index contributed by atoms with van der Waals surface area (Å²) in [6.45, 7) is 2.76. The molecule has 10 heteroatoms. The second-order valence-corrected chi connectivity index (χ2v) is 7.58. The first-order valence-electron chi connectivity index (χ1n) is 9.18. The molecule has 0 bridgehead atoms. The first-order chi connectivity index (χ1) is 13.9. The molecule has 3 rings (SSSR count). The molecule has 1 aliphatic rings. The summed E-state index contributed by atoms with van der Waals surface area (Å²) < 4.78 is 9.38. The quantitative estimate of drug-likeness (QED) is 0.615. The van der Waals surface area contributed by atoms with Crippen LogP contribution in [0.2, 0.25) is 0 Å². The predicted molar refractivity (Wildman–Crippen MR) is 110 cm³/mol. The summed E-state index contributed by atoms with van der Waals surface area (Å²) in [5.74, 6) is -1.66. The van der Waals surface area contributed by atoms with E-state index in [1.54, 1.807) is 18.2 Å². The summed E-state index contributed by atoms with van der Waals surface area (Å²) in [5.41, 5.74) is 12.4. The Hall–Kier alpha value is -2.98. The second kappa shape index (κ2) is 9.01. The Balaban J connectivity index is 1.82. The Morgan fingerprint density at radius 1 is 1.38 bits per heavy atom. The third-order valence-corrected chi connectivity index (χ3v) is 5.42. The standard InChI is InChI=1S/C19H23N5O4S/c1-11-4-2-5-12(8-11)24(10-14(25)22-9-13-6-3-7-28-13)19(27)17-15(20)16(18(21)26)23-29-17/h2,4-5,8,13H,3,6-7,9-10,20H2,1H3,(H2,21,26)(H,22,25)/t13-/m1/s1. The van der Waals surface area contributed by atoms with E-state index < -0.39 is 11.8 Å². The van der Waals surface area contributed by atoms with Crippen LogP contribution in [0, 0.1) is 6.92 Å². The van der Waals surface area contributed by atoms with Gasteiger partial charge in [0.2, 0.25) is 5.91 Å². The van der Waals surface area contributed by atoms with Crippen LogP contribution in [0.3, 0.4) is 0 Å². The van der Waals surface area contributed by atoms with Crippen molar-refractivity contribution in [1.29, 1.82) is 0 Å². The molecule has 1 fully saturated rings. The highest BCUT2D eigenvalue weighted by atomic mass is 32.1. The number of primary amides is 1. The summed E-state index contributed by atoms with van der Waals surface area (Å²) in [4.78, 5) is 38.5. The number of nitrogens with zero attached hydrogens (tertiary/aromatic N) is 2. The van der Waals surface area contributed by atoms with Crippen molar-refractivity contribution < 1.29 is 19.1 Å². The maximum atomic E-state index is 13.2. The number of nitrogen functional groups attached to an aromatic ring is 1. The maximum Gasteiger partial charge on any atom is 0.272 e. The summed E-state index contributed by atoms with van der Waals surface area (Å²) in [6.07, 6.45) is 1.87. The lowest BCUT2D eigenvalue weighted by Gasteiger charge is -2.23. The van der Waals surface area contributed by atoms with E-state index in [4.69, 9.17) is 16.2 Å². The highest BCUT2D eigenvalue weighted by Crippen LogP contribution is 2.26. The van der Waals surface area contributed by atoms with Gasteiger partial charge in [0.1, 0.15) is 11.4 Å². The van der Waals surface area contributed by atoms with Crippen LogP contribution in [0.4, 0.5) is 11.4 Å². The Labute approximate surface area is 172 Å². The molecule has 0 aliphatic carbocycles. The summed E-state index contributed by atoms with van der Waals surface area (Å²) in [7, 11) is 0. The largest absolute Gasteiger partial charge is 0.395 e. The normalized spacial score (nSPS) is 15.8. The lowest BCUT2D eigenvalue weighted by molar-refractivity contribution is -0.120. The average molecular weight is 417 g/mol. The first-order valence-corrected chi connectivity index (χ1v) is 9.96. The fraction of sp³-hybridized carbons (Fsp3) is 0.368. The first kappa shape index (κ1) is 20.7. The van der Waals surface area contributed by atoms with Gasteiger partial charge < -0.3 is 21.5 Å². The summed E-state index contributed by atoms with van der Waals surface area (Å²) in [5, 5.41) is 2.81. The van der Waals surface area contributed by atoms with Gasteiger partial charge in [-0.25, -0.2) is 0 Å². The van der Waals surface area contributed by atoms with E-state index >= 15 is 0 Å². The Morgan fingerprint density at radius 3 is 2.79 bits per heavy atom. The van der Waals surface area contributed by atoms with Gasteiger partial charge in [0.15, 0.2) is 5.69 Å². The van der Waals surface area contributed by atoms with Crippen LogP contribution in [0.15, 0.2) is 24.3 Å². The molecule has 0 saturated carbocycles. The molecule has 1 saturated heterocycles. The minimum atomic E-state index is -0.811. The molecule has 1 aromatic heterocycles. The number of carbonyl (C=O) groups is 3. The number of nitrogens with two attached hydrogens (primary N) is 2. The number of anilines is 2. The summed E-state index contributed by atoms with van der Waals surface area (Å²) in [6, 6.07) is 7.19. The zero-order valence-corrected chi connectivity index (χ0v) is 16.8. The van der Waals surface area contributed by atoms with Gasteiger partial charge in [-0.05, 0) is 49.0 Å². The SMILES string of the molecule is Cc1cccc(N(CC(=O)NC[C@H]2CCCO2)C(=O)c2snc(C(N)=O)c2N)c1. The molecular weight excluding hydrogens is 394 g/mol. The molecule has 0 unspecified atom stereocenters. The van der Waals surface area contributed by atoms with Crippen molar-refractivity contribution in [3.8, 4) is 0 Å². The van der Waals surface area contributed by atoms with E-state index in [0.717, 1.165) is 29.9 Å². The molecular formula is C19H23N5O4S. The summed E-state index contributed by atoms with van der Waals surface area (Å²) >= 11 is 0.782. The number of hydrogen-bond acceptors (Lipinski definition) is 7. The molecule has 9 nitrogen and oxygen atoms in total. The zero-order chi connectivity index (χ0) is 21.0. The number of amides is 3. The number of benzene rings is 1. The second-order valence-electron chi connectivity index (χ2n) is 6.81. The molecule has 1 atom stereocenters. The van der Waals surface area contributed by atoms with Crippen molar-refractivity contribution in [2.24, 2.45) is 5.73 Å². The Kier molecular flexibility index (Phi) is 6.45. The van der Waals surface area contributed by atoms with Crippen molar-refractivity contribution in [2.75, 3.05) is 30.3 Å². The van der Waals surface area contributed by atoms with Crippen molar-refractivity contribution in [3.63, 3.8) is 0 Å². The van der Waals surface area contributed by atoms with Gasteiger partial charge in [0, 0.05) is 18.8 Å². The average Bonchev–Trinajstić information content (AvgIpc) is 3.33. The highest BCUT2D eigenvalue weighted by molar-refractivity contribution is 7.09. The molecule has 2 aromatic rings. The van der Waals surface area contributed by atoms with E-state index in [1.165, 1.54) is 4.90 Å². The van der Waals surface area contributed by atoms with E-state index in [0.29, 0.717) is 18.8 Å². The monoisotopic (exact) mass is 417 g/mol. The molecule has 0 radical (unpaired) electrons. The number of nitrogens with one attached hydrogen (secondary N) is 1. The smallest absolute Gasteiger partial charge is 0.272 e. The van der Waals surface area contributed by atoms with Crippen molar-refractivity contribution in [3.05, 3.63) is 40.4 Å². The lowest BCUT2D eigenvalue weighted by Crippen LogP contribution is -2.43. The van der Waals surface area contributed by atoms with Crippen molar-refractivity contribution in [1.82, 2.24) is 9.69 Å². The van der Waals surface area contributed by atoms with Gasteiger partial charge in [-0.1, -0.05) is 12.1 Å². The molecule has 2 heterocycles. The van der Waals surface area contributed by atoms with Crippen LogP contribution < -0.4 is 21.7 Å². The number of aryl methyl sites for hydroxylation is 1. The van der Waals surface area contributed by atoms with Gasteiger partial charge in [-0.3, -0.25) is 19.3 Å². The number of hydrogen-bond donors (Lipinski definition) is 3. The number of aromatic nitrogens is 1. The van der Waals surface area contributed by atoms with Gasteiger partial charge in [-0.15, -0.1) is 0 Å². The molecule has 1 aromatic carbocycles. The lowest BCUT2D eigenvalue weighted by atomic mass is 10.2. The van der Waals surface area contributed by atoms with E-state index in [1.807, 2.05) is 13.0 Å². The van der Waals surface area contributed by atoms with E-state index in [-0.39, 0.29) is 34.8 Å². The molecule has 1 aliphatic heterocycles. The molecule has 5 N–H and O–H groups in total. The predicted octanol–water partition coefficient (Wildman–Crippen LogP) is 1.07. The number of ether oxygens (including phenoxy) is 1. The van der Waals surface area contributed by atoms with Gasteiger partial charge in [-0.2, -0.15) is 4.37 Å². The van der Waals surface area contributed by atoms with Crippen LogP contribution in [0.5, 0.6) is 0 Å².